The topological polar surface area (TPSA) is 72.0 Å². The fourth-order valence-corrected chi connectivity index (χ4v) is 2.63. The van der Waals surface area contributed by atoms with Crippen LogP contribution >= 0.6 is 0 Å². The molecule has 2 N–H and O–H groups in total. The number of benzene rings is 3. The molecule has 0 radical (unpaired) electrons. The molecule has 0 saturated carbocycles. The quantitative estimate of drug-likeness (QED) is 0.477. The van der Waals surface area contributed by atoms with E-state index in [0.717, 1.165) is 17.0 Å². The summed E-state index contributed by atoms with van der Waals surface area (Å²) < 4.78 is 5.96. The summed E-state index contributed by atoms with van der Waals surface area (Å²) in [7, 11) is 0. The van der Waals surface area contributed by atoms with Gasteiger partial charge in [0.05, 0.1) is 11.9 Å². The van der Waals surface area contributed by atoms with Crippen LogP contribution in [0.4, 0.5) is 17.5 Å². The van der Waals surface area contributed by atoms with Crippen molar-refractivity contribution in [2.75, 3.05) is 10.6 Å². The molecule has 4 rings (SSSR count). The summed E-state index contributed by atoms with van der Waals surface area (Å²) in [5.74, 6) is 2.47. The first-order chi connectivity index (χ1) is 13.9. The molecule has 0 fully saturated rings. The second-order valence-corrected chi connectivity index (χ2v) is 6.04. The van der Waals surface area contributed by atoms with Crippen molar-refractivity contribution in [3.05, 3.63) is 96.7 Å². The Morgan fingerprint density at radius 3 is 2.32 bits per heavy atom. The molecule has 0 unspecified atom stereocenters. The van der Waals surface area contributed by atoms with Crippen molar-refractivity contribution in [3.8, 4) is 11.5 Å². The van der Waals surface area contributed by atoms with Crippen molar-refractivity contribution >= 4 is 17.5 Å². The zero-order valence-electron chi connectivity index (χ0n) is 15.1. The highest BCUT2D eigenvalue weighted by molar-refractivity contribution is 5.63. The first kappa shape index (κ1) is 17.5. The number of nitrogens with zero attached hydrogens (tertiary/aromatic N) is 3. The molecule has 0 bridgehead atoms. The second-order valence-electron chi connectivity index (χ2n) is 6.04. The number of hydrogen-bond donors (Lipinski definition) is 2. The zero-order valence-corrected chi connectivity index (χ0v) is 15.1. The van der Waals surface area contributed by atoms with Crippen LogP contribution in [0.5, 0.6) is 11.5 Å². The average molecular weight is 369 g/mol. The van der Waals surface area contributed by atoms with Crippen LogP contribution in [-0.4, -0.2) is 15.2 Å². The lowest BCUT2D eigenvalue weighted by molar-refractivity contribution is 0.485. The molecule has 0 amide bonds. The molecule has 0 aliphatic rings. The fourth-order valence-electron chi connectivity index (χ4n) is 2.63. The first-order valence-corrected chi connectivity index (χ1v) is 8.93. The summed E-state index contributed by atoms with van der Waals surface area (Å²) in [5.41, 5.74) is 1.92. The maximum absolute atomic E-state index is 5.96. The molecule has 0 atom stereocenters. The summed E-state index contributed by atoms with van der Waals surface area (Å²) in [5, 5.41) is 14.5. The number of rotatable bonds is 7. The number of hydrogen-bond acceptors (Lipinski definition) is 6. The monoisotopic (exact) mass is 369 g/mol. The van der Waals surface area contributed by atoms with Gasteiger partial charge in [0.25, 0.3) is 0 Å². The number of para-hydroxylation sites is 3. The molecule has 138 valence electrons. The molecule has 3 aromatic carbocycles. The largest absolute Gasteiger partial charge is 0.455 e. The van der Waals surface area contributed by atoms with Crippen LogP contribution in [0.1, 0.15) is 5.56 Å². The molecular weight excluding hydrogens is 350 g/mol. The summed E-state index contributed by atoms with van der Waals surface area (Å²) >= 11 is 0. The highest BCUT2D eigenvalue weighted by atomic mass is 16.5. The lowest BCUT2D eigenvalue weighted by Crippen LogP contribution is -2.06. The average Bonchev–Trinajstić information content (AvgIpc) is 2.75. The summed E-state index contributed by atoms with van der Waals surface area (Å²) in [6.07, 6.45) is 1.60. The predicted molar refractivity (Wildman–Crippen MR) is 110 cm³/mol. The zero-order chi connectivity index (χ0) is 19.0. The van der Waals surface area contributed by atoms with Gasteiger partial charge in [0.1, 0.15) is 5.75 Å². The molecule has 6 heteroatoms. The van der Waals surface area contributed by atoms with Gasteiger partial charge in [-0.3, -0.25) is 0 Å². The van der Waals surface area contributed by atoms with E-state index in [-0.39, 0.29) is 0 Å². The molecule has 0 spiro atoms. The predicted octanol–water partition coefficient (Wildman–Crippen LogP) is 5.02. The lowest BCUT2D eigenvalue weighted by atomic mass is 10.2. The Bertz CT molecular complexity index is 1030. The lowest BCUT2D eigenvalue weighted by Gasteiger charge is -2.12. The third-order valence-electron chi connectivity index (χ3n) is 3.98. The van der Waals surface area contributed by atoms with E-state index in [1.165, 1.54) is 0 Å². The van der Waals surface area contributed by atoms with Gasteiger partial charge in [-0.25, -0.2) is 0 Å². The summed E-state index contributed by atoms with van der Waals surface area (Å²) in [4.78, 5) is 4.48. The minimum absolute atomic E-state index is 0.391. The van der Waals surface area contributed by atoms with Gasteiger partial charge in [-0.1, -0.05) is 60.7 Å². The fraction of sp³-hybridized carbons (Fsp3) is 0.0455. The third kappa shape index (κ3) is 4.62. The number of aromatic nitrogens is 3. The van der Waals surface area contributed by atoms with E-state index < -0.39 is 0 Å². The van der Waals surface area contributed by atoms with Gasteiger partial charge in [-0.15, -0.1) is 5.10 Å². The minimum Gasteiger partial charge on any atom is -0.455 e. The van der Waals surface area contributed by atoms with Crippen LogP contribution in [0.25, 0.3) is 0 Å². The standard InChI is InChI=1S/C22H19N5O/c1-3-9-17(10-4-1)15-23-21-16-24-27-22(26-21)25-19-13-7-8-14-20(19)28-18-11-5-2-6-12-18/h1-14,16H,15H2,(H2,23,25,26,27). The molecule has 0 aliphatic carbocycles. The number of ether oxygens (including phenoxy) is 1. The Hall–Kier alpha value is -3.93. The number of nitrogens with one attached hydrogen (secondary N) is 2. The highest BCUT2D eigenvalue weighted by Gasteiger charge is 2.07. The third-order valence-corrected chi connectivity index (χ3v) is 3.98. The Morgan fingerprint density at radius 1 is 0.786 bits per heavy atom. The van der Waals surface area contributed by atoms with Crippen molar-refractivity contribution in [2.45, 2.75) is 6.54 Å². The molecule has 28 heavy (non-hydrogen) atoms. The molecule has 0 aliphatic heterocycles. The Balaban J connectivity index is 1.47. The molecular formula is C22H19N5O. The molecule has 4 aromatic rings. The van der Waals surface area contributed by atoms with Gasteiger partial charge < -0.3 is 15.4 Å². The van der Waals surface area contributed by atoms with Gasteiger partial charge in [-0.2, -0.15) is 10.1 Å². The highest BCUT2D eigenvalue weighted by Crippen LogP contribution is 2.30. The van der Waals surface area contributed by atoms with E-state index in [4.69, 9.17) is 4.74 Å². The van der Waals surface area contributed by atoms with Crippen LogP contribution in [0.15, 0.2) is 91.1 Å². The SMILES string of the molecule is c1ccc(CNc2cnnc(Nc3ccccc3Oc3ccccc3)n2)cc1. The van der Waals surface area contributed by atoms with E-state index in [9.17, 15) is 0 Å². The molecule has 1 heterocycles. The van der Waals surface area contributed by atoms with Gasteiger partial charge in [-0.05, 0) is 29.8 Å². The van der Waals surface area contributed by atoms with Crippen LogP contribution < -0.4 is 15.4 Å². The van der Waals surface area contributed by atoms with Gasteiger partial charge >= 0.3 is 0 Å². The maximum Gasteiger partial charge on any atom is 0.249 e. The smallest absolute Gasteiger partial charge is 0.249 e. The van der Waals surface area contributed by atoms with Crippen molar-refractivity contribution in [1.82, 2.24) is 15.2 Å². The van der Waals surface area contributed by atoms with Crippen LogP contribution in [0.3, 0.4) is 0 Å². The minimum atomic E-state index is 0.391. The van der Waals surface area contributed by atoms with E-state index in [2.05, 4.69) is 37.9 Å². The Labute approximate surface area is 163 Å². The van der Waals surface area contributed by atoms with Crippen molar-refractivity contribution in [1.29, 1.82) is 0 Å². The van der Waals surface area contributed by atoms with Crippen molar-refractivity contribution in [3.63, 3.8) is 0 Å². The number of anilines is 3. The van der Waals surface area contributed by atoms with Gasteiger partial charge in [0.2, 0.25) is 5.95 Å². The van der Waals surface area contributed by atoms with Crippen LogP contribution in [0, 0.1) is 0 Å². The van der Waals surface area contributed by atoms with E-state index in [1.54, 1.807) is 6.20 Å². The molecule has 6 nitrogen and oxygen atoms in total. The van der Waals surface area contributed by atoms with Crippen LogP contribution in [0.2, 0.25) is 0 Å². The van der Waals surface area contributed by atoms with Gasteiger partial charge in [0.15, 0.2) is 11.6 Å². The Kier molecular flexibility index (Phi) is 5.39. The Morgan fingerprint density at radius 2 is 1.50 bits per heavy atom. The van der Waals surface area contributed by atoms with Crippen LogP contribution in [-0.2, 0) is 6.54 Å². The normalized spacial score (nSPS) is 10.3. The molecule has 0 saturated heterocycles. The van der Waals surface area contributed by atoms with Crippen molar-refractivity contribution in [2.24, 2.45) is 0 Å². The van der Waals surface area contributed by atoms with E-state index >= 15 is 0 Å². The summed E-state index contributed by atoms with van der Waals surface area (Å²) in [6.45, 7) is 0.659. The van der Waals surface area contributed by atoms with E-state index in [0.29, 0.717) is 24.1 Å². The van der Waals surface area contributed by atoms with Gasteiger partial charge in [0, 0.05) is 6.54 Å². The summed E-state index contributed by atoms with van der Waals surface area (Å²) in [6, 6.07) is 27.4. The van der Waals surface area contributed by atoms with Crippen molar-refractivity contribution < 1.29 is 4.74 Å². The second kappa shape index (κ2) is 8.64. The van der Waals surface area contributed by atoms with E-state index in [1.807, 2.05) is 72.8 Å². The first-order valence-electron chi connectivity index (χ1n) is 8.93. The molecule has 1 aromatic heterocycles. The maximum atomic E-state index is 5.96.